The second-order valence-corrected chi connectivity index (χ2v) is 5.38. The van der Waals surface area contributed by atoms with Crippen molar-refractivity contribution in [3.8, 4) is 0 Å². The molecule has 0 saturated heterocycles. The van der Waals surface area contributed by atoms with Crippen LogP contribution in [0.5, 0.6) is 0 Å². The number of hydrogen-bond acceptors (Lipinski definition) is 4. The molecule has 0 fully saturated rings. The van der Waals surface area contributed by atoms with Crippen molar-refractivity contribution in [2.75, 3.05) is 11.6 Å². The lowest BCUT2D eigenvalue weighted by molar-refractivity contribution is 0.252. The Kier molecular flexibility index (Phi) is 4.60. The molecular weight excluding hydrogens is 266 g/mol. The summed E-state index contributed by atoms with van der Waals surface area (Å²) in [6, 6.07) is 7.41. The fourth-order valence-corrected chi connectivity index (χ4v) is 2.32. The number of thiophene rings is 1. The normalized spacial score (nSPS) is 10.1. The Morgan fingerprint density at radius 2 is 2.33 bits per heavy atom. The Labute approximate surface area is 114 Å². The van der Waals surface area contributed by atoms with Crippen LogP contribution in [-0.4, -0.2) is 17.3 Å². The third kappa shape index (κ3) is 3.75. The van der Waals surface area contributed by atoms with Gasteiger partial charge < -0.3 is 5.32 Å². The minimum atomic E-state index is -0.243. The maximum Gasteiger partial charge on any atom is 0.320 e. The van der Waals surface area contributed by atoms with Crippen LogP contribution < -0.4 is 10.6 Å². The highest BCUT2D eigenvalue weighted by molar-refractivity contribution is 7.98. The molecule has 2 N–H and O–H groups in total. The van der Waals surface area contributed by atoms with Crippen molar-refractivity contribution < 1.29 is 4.79 Å². The minimum absolute atomic E-state index is 0.243. The Balaban J connectivity index is 1.83. The number of nitrogens with one attached hydrogen (secondary N) is 2. The zero-order valence-electron chi connectivity index (χ0n) is 9.84. The molecule has 0 aromatic carbocycles. The predicted octanol–water partition coefficient (Wildman–Crippen LogP) is 3.19. The average molecular weight is 279 g/mol. The molecule has 2 heterocycles. The number of hydrogen-bond donors (Lipinski definition) is 2. The molecule has 0 unspecified atom stereocenters. The van der Waals surface area contributed by atoms with Crippen LogP contribution in [-0.2, 0) is 6.54 Å². The SMILES string of the molecule is CSc1ccc(NC(=O)NCc2cccs2)nc1. The summed E-state index contributed by atoms with van der Waals surface area (Å²) in [6.07, 6.45) is 3.72. The van der Waals surface area contributed by atoms with Crippen LogP contribution in [0, 0.1) is 0 Å². The van der Waals surface area contributed by atoms with Crippen LogP contribution in [0.3, 0.4) is 0 Å². The van der Waals surface area contributed by atoms with Gasteiger partial charge in [0.15, 0.2) is 0 Å². The van der Waals surface area contributed by atoms with Crippen molar-refractivity contribution in [3.05, 3.63) is 40.7 Å². The first-order chi connectivity index (χ1) is 8.78. The molecule has 0 bridgehead atoms. The van der Waals surface area contributed by atoms with Gasteiger partial charge in [-0.2, -0.15) is 0 Å². The average Bonchev–Trinajstić information content (AvgIpc) is 2.90. The van der Waals surface area contributed by atoms with E-state index in [9.17, 15) is 4.79 Å². The highest BCUT2D eigenvalue weighted by Gasteiger charge is 2.02. The summed E-state index contributed by atoms with van der Waals surface area (Å²) in [6.45, 7) is 0.534. The third-order valence-corrected chi connectivity index (χ3v) is 3.81. The standard InChI is InChI=1S/C12H13N3OS2/c1-17-9-4-5-11(13-7-9)15-12(16)14-8-10-3-2-6-18-10/h2-7H,8H2,1H3,(H2,13,14,15,16). The number of rotatable bonds is 4. The van der Waals surface area contributed by atoms with E-state index in [-0.39, 0.29) is 6.03 Å². The number of anilines is 1. The predicted molar refractivity (Wildman–Crippen MR) is 76.2 cm³/mol. The summed E-state index contributed by atoms with van der Waals surface area (Å²) in [7, 11) is 0. The van der Waals surface area contributed by atoms with Gasteiger partial charge in [0.2, 0.25) is 0 Å². The summed E-state index contributed by atoms with van der Waals surface area (Å²) in [4.78, 5) is 17.9. The zero-order valence-corrected chi connectivity index (χ0v) is 11.5. The lowest BCUT2D eigenvalue weighted by atomic mass is 10.4. The van der Waals surface area contributed by atoms with E-state index >= 15 is 0 Å². The summed E-state index contributed by atoms with van der Waals surface area (Å²) in [5.41, 5.74) is 0. The van der Waals surface area contributed by atoms with Crippen molar-refractivity contribution in [2.45, 2.75) is 11.4 Å². The van der Waals surface area contributed by atoms with E-state index in [0.29, 0.717) is 12.4 Å². The molecule has 2 amide bonds. The number of carbonyl (C=O) groups is 1. The largest absolute Gasteiger partial charge is 0.333 e. The number of pyridine rings is 1. The van der Waals surface area contributed by atoms with Crippen molar-refractivity contribution in [3.63, 3.8) is 0 Å². The smallest absolute Gasteiger partial charge is 0.320 e. The van der Waals surface area contributed by atoms with Gasteiger partial charge in [0.1, 0.15) is 5.82 Å². The van der Waals surface area contributed by atoms with Crippen molar-refractivity contribution >= 4 is 34.9 Å². The summed E-state index contributed by atoms with van der Waals surface area (Å²) < 4.78 is 0. The van der Waals surface area contributed by atoms with Gasteiger partial charge in [-0.1, -0.05) is 6.07 Å². The van der Waals surface area contributed by atoms with Crippen molar-refractivity contribution in [1.82, 2.24) is 10.3 Å². The topological polar surface area (TPSA) is 54.0 Å². The molecule has 18 heavy (non-hydrogen) atoms. The molecule has 0 spiro atoms. The second kappa shape index (κ2) is 6.42. The van der Waals surface area contributed by atoms with Crippen LogP contribution in [0.25, 0.3) is 0 Å². The van der Waals surface area contributed by atoms with E-state index in [1.165, 1.54) is 0 Å². The molecule has 0 saturated carbocycles. The van der Waals surface area contributed by atoms with Crippen LogP contribution in [0.15, 0.2) is 40.7 Å². The molecule has 0 aliphatic carbocycles. The number of aromatic nitrogens is 1. The Morgan fingerprint density at radius 3 is 2.94 bits per heavy atom. The number of nitrogens with zero attached hydrogens (tertiary/aromatic N) is 1. The highest BCUT2D eigenvalue weighted by Crippen LogP contribution is 2.14. The van der Waals surface area contributed by atoms with Gasteiger partial charge in [-0.05, 0) is 29.8 Å². The van der Waals surface area contributed by atoms with Crippen LogP contribution in [0.4, 0.5) is 10.6 Å². The first-order valence-corrected chi connectivity index (χ1v) is 7.45. The Bertz CT molecular complexity index is 497. The molecule has 0 aliphatic heterocycles. The van der Waals surface area contributed by atoms with Crippen LogP contribution in [0.2, 0.25) is 0 Å². The van der Waals surface area contributed by atoms with Crippen LogP contribution >= 0.6 is 23.1 Å². The number of thioether (sulfide) groups is 1. The quantitative estimate of drug-likeness (QED) is 0.845. The van der Waals surface area contributed by atoms with E-state index in [2.05, 4.69) is 15.6 Å². The summed E-state index contributed by atoms with van der Waals surface area (Å²) in [5.74, 6) is 0.552. The summed E-state index contributed by atoms with van der Waals surface area (Å²) >= 11 is 3.23. The van der Waals surface area contributed by atoms with Crippen molar-refractivity contribution in [1.29, 1.82) is 0 Å². The molecule has 94 valence electrons. The Morgan fingerprint density at radius 1 is 1.44 bits per heavy atom. The molecule has 2 rings (SSSR count). The fraction of sp³-hybridized carbons (Fsp3) is 0.167. The fourth-order valence-electron chi connectivity index (χ4n) is 1.32. The molecule has 4 nitrogen and oxygen atoms in total. The van der Waals surface area contributed by atoms with E-state index in [1.54, 1.807) is 35.4 Å². The maximum atomic E-state index is 11.6. The lowest BCUT2D eigenvalue weighted by Gasteiger charge is -2.06. The number of amides is 2. The number of carbonyl (C=O) groups excluding carboxylic acids is 1. The van der Waals surface area contributed by atoms with Gasteiger partial charge in [-0.15, -0.1) is 23.1 Å². The van der Waals surface area contributed by atoms with Gasteiger partial charge in [-0.3, -0.25) is 5.32 Å². The van der Waals surface area contributed by atoms with Crippen molar-refractivity contribution in [2.24, 2.45) is 0 Å². The minimum Gasteiger partial charge on any atom is -0.333 e. The van der Waals surface area contributed by atoms with E-state index in [4.69, 9.17) is 0 Å². The zero-order chi connectivity index (χ0) is 12.8. The van der Waals surface area contributed by atoms with Gasteiger partial charge in [0, 0.05) is 16.0 Å². The van der Waals surface area contributed by atoms with Gasteiger partial charge in [0.05, 0.1) is 6.54 Å². The molecule has 0 radical (unpaired) electrons. The molecule has 2 aromatic rings. The molecule has 6 heteroatoms. The van der Waals surface area contributed by atoms with Gasteiger partial charge in [0.25, 0.3) is 0 Å². The first kappa shape index (κ1) is 12.9. The second-order valence-electron chi connectivity index (χ2n) is 3.47. The van der Waals surface area contributed by atoms with E-state index in [0.717, 1.165) is 9.77 Å². The highest BCUT2D eigenvalue weighted by atomic mass is 32.2. The first-order valence-electron chi connectivity index (χ1n) is 5.35. The lowest BCUT2D eigenvalue weighted by Crippen LogP contribution is -2.28. The monoisotopic (exact) mass is 279 g/mol. The maximum absolute atomic E-state index is 11.6. The van der Waals surface area contributed by atoms with Gasteiger partial charge in [-0.25, -0.2) is 9.78 Å². The summed E-state index contributed by atoms with van der Waals surface area (Å²) in [5, 5.41) is 7.45. The molecule has 2 aromatic heterocycles. The molecular formula is C12H13N3OS2. The Hall–Kier alpha value is -1.53. The van der Waals surface area contributed by atoms with E-state index in [1.807, 2.05) is 29.8 Å². The van der Waals surface area contributed by atoms with Gasteiger partial charge >= 0.3 is 6.03 Å². The molecule has 0 aliphatic rings. The van der Waals surface area contributed by atoms with E-state index < -0.39 is 0 Å². The molecule has 0 atom stereocenters. The number of urea groups is 1. The third-order valence-electron chi connectivity index (χ3n) is 2.22. The van der Waals surface area contributed by atoms with Crippen LogP contribution in [0.1, 0.15) is 4.88 Å².